The summed E-state index contributed by atoms with van der Waals surface area (Å²) in [5.74, 6) is 2.67. The Bertz CT molecular complexity index is 846. The molecule has 1 aromatic heterocycles. The summed E-state index contributed by atoms with van der Waals surface area (Å²) in [7, 11) is 3.59. The second kappa shape index (κ2) is 10.4. The van der Waals surface area contributed by atoms with Crippen molar-refractivity contribution in [3.05, 3.63) is 48.3 Å². The fourth-order valence-electron chi connectivity index (χ4n) is 4.45. The Hall–Kier alpha value is -2.87. The van der Waals surface area contributed by atoms with Gasteiger partial charge in [0.1, 0.15) is 5.75 Å². The number of ether oxygens (including phenoxy) is 1. The lowest BCUT2D eigenvalue weighted by molar-refractivity contribution is 0.242. The Balaban J connectivity index is 1.39. The molecule has 0 amide bonds. The van der Waals surface area contributed by atoms with Gasteiger partial charge in [-0.2, -0.15) is 0 Å². The molecule has 2 aromatic rings. The second-order valence-electron chi connectivity index (χ2n) is 7.99. The summed E-state index contributed by atoms with van der Waals surface area (Å²) < 4.78 is 5.47. The van der Waals surface area contributed by atoms with Crippen LogP contribution in [0.15, 0.2) is 47.7 Å². The lowest BCUT2D eigenvalue weighted by atomic mass is 10.1. The van der Waals surface area contributed by atoms with Crippen LogP contribution in [-0.2, 0) is 0 Å². The van der Waals surface area contributed by atoms with E-state index in [0.29, 0.717) is 6.04 Å². The molecule has 2 saturated heterocycles. The topological polar surface area (TPSA) is 69.1 Å². The Labute approximate surface area is 184 Å². The minimum absolute atomic E-state index is 0.299. The first-order valence-electron chi connectivity index (χ1n) is 11.1. The van der Waals surface area contributed by atoms with Gasteiger partial charge >= 0.3 is 0 Å². The van der Waals surface area contributed by atoms with E-state index in [4.69, 9.17) is 4.74 Å². The van der Waals surface area contributed by atoms with E-state index in [-0.39, 0.29) is 0 Å². The summed E-state index contributed by atoms with van der Waals surface area (Å²) in [6.45, 7) is 6.65. The third-order valence-corrected chi connectivity index (χ3v) is 6.14. The molecule has 2 fully saturated rings. The summed E-state index contributed by atoms with van der Waals surface area (Å²) in [6.07, 6.45) is 6.12. The van der Waals surface area contributed by atoms with E-state index in [9.17, 15) is 0 Å². The Kier molecular flexibility index (Phi) is 7.19. The number of aromatic nitrogens is 2. The van der Waals surface area contributed by atoms with E-state index in [1.54, 1.807) is 19.5 Å². The average molecular weight is 424 g/mol. The lowest BCUT2D eigenvalue weighted by Gasteiger charge is -2.37. The van der Waals surface area contributed by atoms with Gasteiger partial charge in [-0.1, -0.05) is 12.1 Å². The molecular formula is C23H33N7O. The van der Waals surface area contributed by atoms with E-state index < -0.39 is 0 Å². The first-order chi connectivity index (χ1) is 15.3. The zero-order valence-corrected chi connectivity index (χ0v) is 18.6. The van der Waals surface area contributed by atoms with Crippen LogP contribution >= 0.6 is 0 Å². The number of methoxy groups -OCH3 is 1. The zero-order valence-electron chi connectivity index (χ0n) is 18.6. The fraction of sp³-hybridized carbons (Fsp3) is 0.522. The molecule has 3 heterocycles. The van der Waals surface area contributed by atoms with Gasteiger partial charge in [0.05, 0.1) is 13.2 Å². The number of nitrogens with one attached hydrogen (secondary N) is 1. The maximum absolute atomic E-state index is 5.47. The normalized spacial score (nSPS) is 18.8. The molecule has 0 aliphatic carbocycles. The molecule has 8 nitrogen and oxygen atoms in total. The number of benzene rings is 1. The highest BCUT2D eigenvalue weighted by atomic mass is 16.5. The van der Waals surface area contributed by atoms with Gasteiger partial charge in [0.15, 0.2) is 5.96 Å². The molecule has 8 heteroatoms. The van der Waals surface area contributed by atoms with Gasteiger partial charge in [0.2, 0.25) is 5.95 Å². The maximum atomic E-state index is 5.47. The van der Waals surface area contributed by atoms with Crippen LogP contribution in [0.5, 0.6) is 5.75 Å². The van der Waals surface area contributed by atoms with Gasteiger partial charge in [0, 0.05) is 52.2 Å². The number of nitrogens with zero attached hydrogens (tertiary/aromatic N) is 6. The molecule has 1 N–H and O–H groups in total. The first-order valence-corrected chi connectivity index (χ1v) is 11.1. The molecule has 31 heavy (non-hydrogen) atoms. The molecule has 2 aliphatic heterocycles. The highest BCUT2D eigenvalue weighted by Crippen LogP contribution is 2.27. The molecule has 1 aromatic carbocycles. The van der Waals surface area contributed by atoms with Crippen LogP contribution < -0.4 is 15.0 Å². The summed E-state index contributed by atoms with van der Waals surface area (Å²) in [4.78, 5) is 20.5. The number of hydrogen-bond acceptors (Lipinski definition) is 6. The van der Waals surface area contributed by atoms with Crippen molar-refractivity contribution in [2.24, 2.45) is 4.99 Å². The van der Waals surface area contributed by atoms with Crippen LogP contribution in [0.25, 0.3) is 0 Å². The number of rotatable bonds is 6. The highest BCUT2D eigenvalue weighted by Gasteiger charge is 2.26. The van der Waals surface area contributed by atoms with Crippen molar-refractivity contribution in [2.45, 2.75) is 18.9 Å². The minimum atomic E-state index is 0.299. The SMILES string of the molecule is CN=C(NCC(c1cccc(OC)c1)N1CCCC1)N1CCN(c2ncccn2)CC1. The number of guanidine groups is 1. The van der Waals surface area contributed by atoms with Crippen LogP contribution in [0, 0.1) is 0 Å². The molecule has 0 radical (unpaired) electrons. The predicted octanol–water partition coefficient (Wildman–Crippen LogP) is 2.02. The van der Waals surface area contributed by atoms with Crippen molar-refractivity contribution in [2.75, 3.05) is 64.9 Å². The first kappa shape index (κ1) is 21.4. The molecule has 0 bridgehead atoms. The van der Waals surface area contributed by atoms with Crippen molar-refractivity contribution in [3.63, 3.8) is 0 Å². The third-order valence-electron chi connectivity index (χ3n) is 6.14. The van der Waals surface area contributed by atoms with Crippen molar-refractivity contribution < 1.29 is 4.74 Å². The Morgan fingerprint density at radius 2 is 1.81 bits per heavy atom. The standard InChI is InChI=1S/C23H33N7O/c1-24-22(29-13-15-30(16-14-29)23-25-9-6-10-26-23)27-18-21(28-11-3-4-12-28)19-7-5-8-20(17-19)31-2/h5-10,17,21H,3-4,11-16,18H2,1-2H3,(H,24,27). The highest BCUT2D eigenvalue weighted by molar-refractivity contribution is 5.80. The van der Waals surface area contributed by atoms with Crippen molar-refractivity contribution >= 4 is 11.9 Å². The van der Waals surface area contributed by atoms with Gasteiger partial charge in [0.25, 0.3) is 0 Å². The van der Waals surface area contributed by atoms with Gasteiger partial charge in [-0.05, 0) is 49.7 Å². The Morgan fingerprint density at radius 1 is 1.06 bits per heavy atom. The fourth-order valence-corrected chi connectivity index (χ4v) is 4.45. The number of hydrogen-bond donors (Lipinski definition) is 1. The number of anilines is 1. The maximum Gasteiger partial charge on any atom is 0.225 e. The minimum Gasteiger partial charge on any atom is -0.497 e. The summed E-state index contributed by atoms with van der Waals surface area (Å²) in [5, 5.41) is 3.65. The molecule has 0 spiro atoms. The smallest absolute Gasteiger partial charge is 0.225 e. The van der Waals surface area contributed by atoms with Crippen LogP contribution in [0.2, 0.25) is 0 Å². The molecule has 166 valence electrons. The molecule has 4 rings (SSSR count). The average Bonchev–Trinajstić information content (AvgIpc) is 3.37. The number of aliphatic imine (C=N–C) groups is 1. The Morgan fingerprint density at radius 3 is 2.48 bits per heavy atom. The van der Waals surface area contributed by atoms with Gasteiger partial charge in [-0.25, -0.2) is 9.97 Å². The molecular weight excluding hydrogens is 390 g/mol. The summed E-state index contributed by atoms with van der Waals surface area (Å²) in [5.41, 5.74) is 1.29. The van der Waals surface area contributed by atoms with Gasteiger partial charge in [-0.3, -0.25) is 9.89 Å². The molecule has 1 unspecified atom stereocenters. The zero-order chi connectivity index (χ0) is 21.5. The second-order valence-corrected chi connectivity index (χ2v) is 7.99. The molecule has 2 aliphatic rings. The van der Waals surface area contributed by atoms with Gasteiger partial charge in [-0.15, -0.1) is 0 Å². The summed E-state index contributed by atoms with van der Waals surface area (Å²) >= 11 is 0. The third kappa shape index (κ3) is 5.25. The monoisotopic (exact) mass is 423 g/mol. The van der Waals surface area contributed by atoms with Gasteiger partial charge < -0.3 is 19.9 Å². The van der Waals surface area contributed by atoms with E-state index in [1.165, 1.54) is 18.4 Å². The quantitative estimate of drug-likeness (QED) is 0.563. The van der Waals surface area contributed by atoms with E-state index in [2.05, 4.69) is 53.2 Å². The molecule has 0 saturated carbocycles. The van der Waals surface area contributed by atoms with Crippen molar-refractivity contribution in [1.82, 2.24) is 25.1 Å². The van der Waals surface area contributed by atoms with E-state index >= 15 is 0 Å². The largest absolute Gasteiger partial charge is 0.497 e. The molecule has 1 atom stereocenters. The van der Waals surface area contributed by atoms with Crippen LogP contribution in [0.1, 0.15) is 24.4 Å². The lowest BCUT2D eigenvalue weighted by Crippen LogP contribution is -2.53. The predicted molar refractivity (Wildman–Crippen MR) is 124 cm³/mol. The summed E-state index contributed by atoms with van der Waals surface area (Å²) in [6, 6.07) is 10.6. The van der Waals surface area contributed by atoms with Crippen molar-refractivity contribution in [3.8, 4) is 5.75 Å². The van der Waals surface area contributed by atoms with Crippen molar-refractivity contribution in [1.29, 1.82) is 0 Å². The van der Waals surface area contributed by atoms with E-state index in [0.717, 1.165) is 63.5 Å². The number of piperazine rings is 1. The van der Waals surface area contributed by atoms with Crippen LogP contribution in [0.3, 0.4) is 0 Å². The van der Waals surface area contributed by atoms with Crippen LogP contribution in [0.4, 0.5) is 5.95 Å². The number of likely N-dealkylation sites (tertiary alicyclic amines) is 1. The van der Waals surface area contributed by atoms with E-state index in [1.807, 2.05) is 19.2 Å². The van der Waals surface area contributed by atoms with Crippen LogP contribution in [-0.4, -0.2) is 85.7 Å².